The molecule has 0 aliphatic rings. The number of aryl methyl sites for hydroxylation is 3. The van der Waals surface area contributed by atoms with Crippen molar-refractivity contribution in [3.63, 3.8) is 0 Å². The van der Waals surface area contributed by atoms with Gasteiger partial charge in [-0.05, 0) is 49.6 Å². The highest BCUT2D eigenvalue weighted by Crippen LogP contribution is 2.21. The van der Waals surface area contributed by atoms with Crippen molar-refractivity contribution in [2.24, 2.45) is 0 Å². The van der Waals surface area contributed by atoms with Crippen molar-refractivity contribution in [1.82, 2.24) is 5.32 Å². The summed E-state index contributed by atoms with van der Waals surface area (Å²) >= 11 is 1.73. The van der Waals surface area contributed by atoms with Gasteiger partial charge < -0.3 is 10.6 Å². The lowest BCUT2D eigenvalue weighted by atomic mass is 10.0. The Morgan fingerprint density at radius 1 is 1.08 bits per heavy atom. The number of rotatable bonds is 6. The topological polar surface area (TPSA) is 41.1 Å². The smallest absolute Gasteiger partial charge is 0.319 e. The Balaban J connectivity index is 1.73. The maximum atomic E-state index is 13.5. The van der Waals surface area contributed by atoms with Crippen LogP contribution in [0.4, 0.5) is 19.3 Å². The SMILES string of the molecule is Cc1cc(C)c(CSCCNC(=O)Nc2ccc(F)cc2F)c(C)c1. The molecule has 0 fully saturated rings. The predicted molar refractivity (Wildman–Crippen MR) is 100 cm³/mol. The van der Waals surface area contributed by atoms with Crippen molar-refractivity contribution >= 4 is 23.5 Å². The molecule has 3 nitrogen and oxygen atoms in total. The standard InChI is InChI=1S/C19H22F2N2OS/c1-12-8-13(2)16(14(3)9-12)11-25-7-6-22-19(24)23-18-5-4-15(20)10-17(18)21/h4-5,8-10H,6-7,11H2,1-3H3,(H2,22,23,24). The normalized spacial score (nSPS) is 10.6. The van der Waals surface area contributed by atoms with Gasteiger partial charge in [0.25, 0.3) is 0 Å². The largest absolute Gasteiger partial charge is 0.337 e. The van der Waals surface area contributed by atoms with Gasteiger partial charge in [0.05, 0.1) is 5.69 Å². The summed E-state index contributed by atoms with van der Waals surface area (Å²) in [6, 6.07) is 6.87. The highest BCUT2D eigenvalue weighted by molar-refractivity contribution is 7.98. The molecule has 134 valence electrons. The zero-order chi connectivity index (χ0) is 18.4. The highest BCUT2D eigenvalue weighted by atomic mass is 32.2. The summed E-state index contributed by atoms with van der Waals surface area (Å²) in [6.45, 7) is 6.77. The second-order valence-electron chi connectivity index (χ2n) is 5.93. The molecular weight excluding hydrogens is 342 g/mol. The lowest BCUT2D eigenvalue weighted by Gasteiger charge is -2.12. The average Bonchev–Trinajstić information content (AvgIpc) is 2.52. The molecule has 0 atom stereocenters. The molecule has 2 rings (SSSR count). The summed E-state index contributed by atoms with van der Waals surface area (Å²) < 4.78 is 26.3. The van der Waals surface area contributed by atoms with Crippen LogP contribution in [-0.4, -0.2) is 18.3 Å². The van der Waals surface area contributed by atoms with Crippen LogP contribution >= 0.6 is 11.8 Å². The fraction of sp³-hybridized carbons (Fsp3) is 0.316. The van der Waals surface area contributed by atoms with Crippen LogP contribution in [-0.2, 0) is 5.75 Å². The van der Waals surface area contributed by atoms with E-state index in [4.69, 9.17) is 0 Å². The van der Waals surface area contributed by atoms with Gasteiger partial charge in [0.2, 0.25) is 0 Å². The van der Waals surface area contributed by atoms with E-state index in [0.29, 0.717) is 6.54 Å². The van der Waals surface area contributed by atoms with E-state index in [9.17, 15) is 13.6 Å². The third-order valence-corrected chi connectivity index (χ3v) is 4.78. The Hall–Kier alpha value is -2.08. The summed E-state index contributed by atoms with van der Waals surface area (Å²) in [6.07, 6.45) is 0. The van der Waals surface area contributed by atoms with E-state index in [2.05, 4.69) is 43.5 Å². The van der Waals surface area contributed by atoms with Crippen LogP contribution in [0.15, 0.2) is 30.3 Å². The molecule has 0 saturated carbocycles. The van der Waals surface area contributed by atoms with Crippen LogP contribution in [0.2, 0.25) is 0 Å². The van der Waals surface area contributed by atoms with E-state index in [-0.39, 0.29) is 5.69 Å². The minimum atomic E-state index is -0.796. The van der Waals surface area contributed by atoms with Gasteiger partial charge in [0, 0.05) is 24.1 Å². The molecule has 2 amide bonds. The Labute approximate surface area is 151 Å². The van der Waals surface area contributed by atoms with Gasteiger partial charge in [-0.1, -0.05) is 17.7 Å². The maximum Gasteiger partial charge on any atom is 0.319 e. The quantitative estimate of drug-likeness (QED) is 0.713. The number of carbonyl (C=O) groups is 1. The number of hydrogen-bond donors (Lipinski definition) is 2. The molecule has 25 heavy (non-hydrogen) atoms. The molecular formula is C19H22F2N2OS. The van der Waals surface area contributed by atoms with E-state index >= 15 is 0 Å². The molecule has 6 heteroatoms. The number of benzene rings is 2. The summed E-state index contributed by atoms with van der Waals surface area (Å²) in [7, 11) is 0. The predicted octanol–water partition coefficient (Wildman–Crippen LogP) is 4.94. The van der Waals surface area contributed by atoms with E-state index in [1.165, 1.54) is 28.3 Å². The fourth-order valence-electron chi connectivity index (χ4n) is 2.61. The molecule has 0 heterocycles. The van der Waals surface area contributed by atoms with Gasteiger partial charge in [-0.15, -0.1) is 0 Å². The number of thioether (sulfide) groups is 1. The van der Waals surface area contributed by atoms with E-state index in [1.54, 1.807) is 11.8 Å². The Morgan fingerprint density at radius 2 is 1.76 bits per heavy atom. The third-order valence-electron chi connectivity index (χ3n) is 3.80. The first-order valence-corrected chi connectivity index (χ1v) is 9.16. The van der Waals surface area contributed by atoms with Crippen molar-refractivity contribution < 1.29 is 13.6 Å². The second-order valence-corrected chi connectivity index (χ2v) is 7.04. The zero-order valence-corrected chi connectivity index (χ0v) is 15.4. The highest BCUT2D eigenvalue weighted by Gasteiger charge is 2.08. The third kappa shape index (κ3) is 5.74. The lowest BCUT2D eigenvalue weighted by Crippen LogP contribution is -2.30. The number of urea groups is 1. The summed E-state index contributed by atoms with van der Waals surface area (Å²) in [5.41, 5.74) is 5.10. The zero-order valence-electron chi connectivity index (χ0n) is 14.6. The first-order chi connectivity index (χ1) is 11.9. The van der Waals surface area contributed by atoms with E-state index in [1.807, 2.05) is 0 Å². The van der Waals surface area contributed by atoms with Crippen LogP contribution in [0.3, 0.4) is 0 Å². The molecule has 0 spiro atoms. The van der Waals surface area contributed by atoms with Crippen molar-refractivity contribution in [1.29, 1.82) is 0 Å². The van der Waals surface area contributed by atoms with Crippen molar-refractivity contribution in [3.8, 4) is 0 Å². The first kappa shape index (κ1) is 19.2. The van der Waals surface area contributed by atoms with Crippen LogP contribution in [0.5, 0.6) is 0 Å². The van der Waals surface area contributed by atoms with Crippen LogP contribution in [0.1, 0.15) is 22.3 Å². The van der Waals surface area contributed by atoms with Gasteiger partial charge in [0.15, 0.2) is 0 Å². The molecule has 0 bridgehead atoms. The van der Waals surface area contributed by atoms with Gasteiger partial charge in [0.1, 0.15) is 11.6 Å². The van der Waals surface area contributed by atoms with E-state index < -0.39 is 17.7 Å². The number of hydrogen-bond acceptors (Lipinski definition) is 2. The minimum absolute atomic E-state index is 0.0440. The number of halogens is 2. The summed E-state index contributed by atoms with van der Waals surface area (Å²) in [5, 5.41) is 5.04. The average molecular weight is 364 g/mol. The molecule has 0 aromatic heterocycles. The molecule has 2 aromatic carbocycles. The van der Waals surface area contributed by atoms with Gasteiger partial charge in [-0.25, -0.2) is 13.6 Å². The number of carbonyl (C=O) groups excluding carboxylic acids is 1. The summed E-state index contributed by atoms with van der Waals surface area (Å²) in [4.78, 5) is 11.7. The Morgan fingerprint density at radius 3 is 2.40 bits per heavy atom. The number of anilines is 1. The van der Waals surface area contributed by atoms with Gasteiger partial charge in [-0.3, -0.25) is 0 Å². The fourth-order valence-corrected chi connectivity index (χ4v) is 3.66. The molecule has 2 N–H and O–H groups in total. The Kier molecular flexibility index (Phi) is 6.82. The molecule has 0 aliphatic heterocycles. The molecule has 2 aromatic rings. The van der Waals surface area contributed by atoms with Crippen LogP contribution in [0, 0.1) is 32.4 Å². The number of nitrogens with one attached hydrogen (secondary N) is 2. The first-order valence-electron chi connectivity index (χ1n) is 8.01. The monoisotopic (exact) mass is 364 g/mol. The molecule has 0 radical (unpaired) electrons. The summed E-state index contributed by atoms with van der Waals surface area (Å²) in [5.74, 6) is 0.149. The Bertz CT molecular complexity index is 742. The molecule has 0 aliphatic carbocycles. The lowest BCUT2D eigenvalue weighted by molar-refractivity contribution is 0.252. The maximum absolute atomic E-state index is 13.5. The van der Waals surface area contributed by atoms with Crippen LogP contribution in [0.25, 0.3) is 0 Å². The number of amides is 2. The van der Waals surface area contributed by atoms with Crippen LogP contribution < -0.4 is 10.6 Å². The van der Waals surface area contributed by atoms with Gasteiger partial charge >= 0.3 is 6.03 Å². The van der Waals surface area contributed by atoms with Crippen molar-refractivity contribution in [2.45, 2.75) is 26.5 Å². The van der Waals surface area contributed by atoms with Crippen molar-refractivity contribution in [3.05, 3.63) is 64.2 Å². The molecule has 0 unspecified atom stereocenters. The minimum Gasteiger partial charge on any atom is -0.337 e. The van der Waals surface area contributed by atoms with Crippen molar-refractivity contribution in [2.75, 3.05) is 17.6 Å². The second kappa shape index (κ2) is 8.85. The van der Waals surface area contributed by atoms with E-state index in [0.717, 1.165) is 23.6 Å². The van der Waals surface area contributed by atoms with Gasteiger partial charge in [-0.2, -0.15) is 11.8 Å². The molecule has 0 saturated heterocycles.